The van der Waals surface area contributed by atoms with Gasteiger partial charge in [-0.1, -0.05) is 41.2 Å². The maximum absolute atomic E-state index is 12.9. The van der Waals surface area contributed by atoms with Gasteiger partial charge in [-0.2, -0.15) is 0 Å². The van der Waals surface area contributed by atoms with Gasteiger partial charge in [0.05, 0.1) is 24.7 Å². The molecule has 4 rings (SSSR count). The van der Waals surface area contributed by atoms with Crippen LogP contribution in [0.25, 0.3) is 0 Å². The molecule has 1 aliphatic heterocycles. The number of para-hydroxylation sites is 2. The average Bonchev–Trinajstić information content (AvgIpc) is 2.75. The molecule has 0 radical (unpaired) electrons. The summed E-state index contributed by atoms with van der Waals surface area (Å²) >= 11 is 1.66. The van der Waals surface area contributed by atoms with Crippen molar-refractivity contribution in [3.63, 3.8) is 0 Å². The van der Waals surface area contributed by atoms with Gasteiger partial charge in [0, 0.05) is 9.79 Å². The van der Waals surface area contributed by atoms with E-state index in [0.717, 1.165) is 32.5 Å². The van der Waals surface area contributed by atoms with Crippen molar-refractivity contribution in [2.24, 2.45) is 5.16 Å². The maximum Gasteiger partial charge on any atom is 0.272 e. The van der Waals surface area contributed by atoms with Crippen LogP contribution in [0.2, 0.25) is 0 Å². The Bertz CT molecular complexity index is 973. The second-order valence-corrected chi connectivity index (χ2v) is 7.13. The predicted molar refractivity (Wildman–Crippen MR) is 111 cm³/mol. The van der Waals surface area contributed by atoms with Gasteiger partial charge in [0.15, 0.2) is 6.61 Å². The molecular formula is C22H18N2O3S. The van der Waals surface area contributed by atoms with Crippen LogP contribution in [0.4, 0.5) is 11.4 Å². The summed E-state index contributed by atoms with van der Waals surface area (Å²) < 4.78 is 5.12. The zero-order valence-corrected chi connectivity index (χ0v) is 16.1. The first-order valence-electron chi connectivity index (χ1n) is 8.74. The molecule has 1 aliphatic rings. The first kappa shape index (κ1) is 18.1. The lowest BCUT2D eigenvalue weighted by molar-refractivity contribution is -0.122. The minimum Gasteiger partial charge on any atom is -0.497 e. The minimum absolute atomic E-state index is 0.153. The monoisotopic (exact) mass is 390 g/mol. The van der Waals surface area contributed by atoms with E-state index in [-0.39, 0.29) is 12.5 Å². The first-order valence-corrected chi connectivity index (χ1v) is 9.56. The standard InChI is InChI=1S/C22H18N2O3S/c1-26-17-12-10-16(11-13-17)14-23-27-15-22(25)24-18-6-2-4-8-20(18)28-21-9-5-3-7-19(21)24/h2-14H,15H2,1H3/b23-14+. The van der Waals surface area contributed by atoms with Gasteiger partial charge >= 0.3 is 0 Å². The highest BCUT2D eigenvalue weighted by atomic mass is 32.2. The Kier molecular flexibility index (Phi) is 5.30. The first-order chi connectivity index (χ1) is 13.8. The molecule has 0 atom stereocenters. The van der Waals surface area contributed by atoms with Crippen LogP contribution >= 0.6 is 11.8 Å². The second kappa shape index (κ2) is 8.19. The van der Waals surface area contributed by atoms with Gasteiger partial charge in [0.1, 0.15) is 5.75 Å². The van der Waals surface area contributed by atoms with E-state index in [2.05, 4.69) is 5.16 Å². The summed E-state index contributed by atoms with van der Waals surface area (Å²) in [6.45, 7) is -0.153. The molecule has 0 aliphatic carbocycles. The van der Waals surface area contributed by atoms with Crippen molar-refractivity contribution < 1.29 is 14.4 Å². The summed E-state index contributed by atoms with van der Waals surface area (Å²) in [5, 5.41) is 3.93. The van der Waals surface area contributed by atoms with Crippen LogP contribution < -0.4 is 9.64 Å². The number of nitrogens with zero attached hydrogens (tertiary/aromatic N) is 2. The summed E-state index contributed by atoms with van der Waals surface area (Å²) in [5.74, 6) is 0.598. The van der Waals surface area contributed by atoms with Crippen molar-refractivity contribution in [2.45, 2.75) is 9.79 Å². The van der Waals surface area contributed by atoms with E-state index in [1.54, 1.807) is 30.0 Å². The number of benzene rings is 3. The van der Waals surface area contributed by atoms with E-state index in [9.17, 15) is 4.79 Å². The van der Waals surface area contributed by atoms with E-state index >= 15 is 0 Å². The Morgan fingerprint density at radius 2 is 1.57 bits per heavy atom. The van der Waals surface area contributed by atoms with Crippen molar-refractivity contribution in [1.29, 1.82) is 0 Å². The molecule has 0 spiro atoms. The largest absolute Gasteiger partial charge is 0.497 e. The summed E-state index contributed by atoms with van der Waals surface area (Å²) in [6, 6.07) is 23.1. The Labute approximate surface area is 167 Å². The van der Waals surface area contributed by atoms with E-state index in [1.165, 1.54) is 0 Å². The smallest absolute Gasteiger partial charge is 0.272 e. The summed E-state index contributed by atoms with van der Waals surface area (Å²) in [7, 11) is 1.62. The molecule has 28 heavy (non-hydrogen) atoms. The Balaban J connectivity index is 1.48. The number of ether oxygens (including phenoxy) is 1. The lowest BCUT2D eigenvalue weighted by atomic mass is 10.2. The lowest BCUT2D eigenvalue weighted by Crippen LogP contribution is -2.31. The zero-order valence-electron chi connectivity index (χ0n) is 15.2. The van der Waals surface area contributed by atoms with E-state index in [0.29, 0.717) is 0 Å². The molecule has 0 saturated heterocycles. The number of carbonyl (C=O) groups is 1. The molecule has 0 aromatic heterocycles. The number of methoxy groups -OCH3 is 1. The molecule has 0 unspecified atom stereocenters. The third kappa shape index (κ3) is 3.73. The summed E-state index contributed by atoms with van der Waals surface area (Å²) in [5.41, 5.74) is 2.58. The van der Waals surface area contributed by atoms with Crippen LogP contribution in [0, 0.1) is 0 Å². The maximum atomic E-state index is 12.9. The number of carbonyl (C=O) groups excluding carboxylic acids is 1. The van der Waals surface area contributed by atoms with Crippen LogP contribution in [0.15, 0.2) is 87.7 Å². The predicted octanol–water partition coefficient (Wildman–Crippen LogP) is 4.88. The Hall–Kier alpha value is -3.25. The van der Waals surface area contributed by atoms with Gasteiger partial charge in [-0.05, 0) is 54.1 Å². The molecule has 1 heterocycles. The number of hydrogen-bond acceptors (Lipinski definition) is 5. The third-order valence-electron chi connectivity index (χ3n) is 4.26. The molecular weight excluding hydrogens is 372 g/mol. The van der Waals surface area contributed by atoms with Crippen molar-refractivity contribution >= 4 is 35.3 Å². The van der Waals surface area contributed by atoms with E-state index in [4.69, 9.17) is 9.57 Å². The number of rotatable bonds is 5. The fraction of sp³-hybridized carbons (Fsp3) is 0.0909. The number of anilines is 2. The topological polar surface area (TPSA) is 51.1 Å². The molecule has 140 valence electrons. The third-order valence-corrected chi connectivity index (χ3v) is 5.39. The molecule has 5 nitrogen and oxygen atoms in total. The number of oxime groups is 1. The average molecular weight is 390 g/mol. The van der Waals surface area contributed by atoms with Gasteiger partial charge in [0.25, 0.3) is 5.91 Å². The molecule has 0 fully saturated rings. The van der Waals surface area contributed by atoms with Crippen molar-refractivity contribution in [2.75, 3.05) is 18.6 Å². The van der Waals surface area contributed by atoms with Crippen molar-refractivity contribution in [1.82, 2.24) is 0 Å². The molecule has 0 N–H and O–H groups in total. The number of amides is 1. The highest BCUT2D eigenvalue weighted by Gasteiger charge is 2.27. The normalized spacial score (nSPS) is 12.4. The van der Waals surface area contributed by atoms with Crippen LogP contribution in [0.3, 0.4) is 0 Å². The second-order valence-electron chi connectivity index (χ2n) is 6.05. The van der Waals surface area contributed by atoms with Gasteiger partial charge in [0.2, 0.25) is 0 Å². The van der Waals surface area contributed by atoms with Crippen molar-refractivity contribution in [3.8, 4) is 5.75 Å². The molecule has 1 amide bonds. The van der Waals surface area contributed by atoms with E-state index < -0.39 is 0 Å². The molecule has 3 aromatic carbocycles. The lowest BCUT2D eigenvalue weighted by Gasteiger charge is -2.30. The Morgan fingerprint density at radius 1 is 0.964 bits per heavy atom. The van der Waals surface area contributed by atoms with Gasteiger partial charge < -0.3 is 9.57 Å². The van der Waals surface area contributed by atoms with Crippen LogP contribution in [-0.2, 0) is 9.63 Å². The van der Waals surface area contributed by atoms with E-state index in [1.807, 2.05) is 72.8 Å². The fourth-order valence-electron chi connectivity index (χ4n) is 2.92. The fourth-order valence-corrected chi connectivity index (χ4v) is 3.98. The zero-order chi connectivity index (χ0) is 19.3. The number of fused-ring (bicyclic) bond motifs is 2. The summed E-state index contributed by atoms with van der Waals surface area (Å²) in [6.07, 6.45) is 1.57. The van der Waals surface area contributed by atoms with Crippen molar-refractivity contribution in [3.05, 3.63) is 78.4 Å². The SMILES string of the molecule is COc1ccc(/C=N/OCC(=O)N2c3ccccc3Sc3ccccc32)cc1. The van der Waals surface area contributed by atoms with Gasteiger partial charge in [-0.25, -0.2) is 0 Å². The number of hydrogen-bond donors (Lipinski definition) is 0. The molecule has 6 heteroatoms. The molecule has 0 saturated carbocycles. The highest BCUT2D eigenvalue weighted by molar-refractivity contribution is 7.99. The highest BCUT2D eigenvalue weighted by Crippen LogP contribution is 2.47. The minimum atomic E-state index is -0.174. The van der Waals surface area contributed by atoms with Crippen LogP contribution in [0.5, 0.6) is 5.75 Å². The molecule has 0 bridgehead atoms. The Morgan fingerprint density at radius 3 is 2.18 bits per heavy atom. The summed E-state index contributed by atoms with van der Waals surface area (Å²) in [4.78, 5) is 22.0. The van der Waals surface area contributed by atoms with Crippen LogP contribution in [-0.4, -0.2) is 25.8 Å². The quantitative estimate of drug-likeness (QED) is 0.460. The molecule has 3 aromatic rings. The van der Waals surface area contributed by atoms with Gasteiger partial charge in [-0.3, -0.25) is 9.69 Å². The van der Waals surface area contributed by atoms with Gasteiger partial charge in [-0.15, -0.1) is 0 Å². The van der Waals surface area contributed by atoms with Crippen LogP contribution in [0.1, 0.15) is 5.56 Å².